The second kappa shape index (κ2) is 13.9. The Labute approximate surface area is 311 Å². The Morgan fingerprint density at radius 1 is 0.500 bits per heavy atom. The molecule has 0 aliphatic heterocycles. The van der Waals surface area contributed by atoms with Gasteiger partial charge in [0.1, 0.15) is 0 Å². The van der Waals surface area contributed by atoms with E-state index in [4.69, 9.17) is 28.9 Å². The van der Waals surface area contributed by atoms with Gasteiger partial charge in [-0.15, -0.1) is 0 Å². The molecule has 5 aromatic rings. The lowest BCUT2D eigenvalue weighted by Crippen LogP contribution is -2.42. The molecule has 2 aliphatic carbocycles. The molecule has 274 valence electrons. The minimum Gasteiger partial charge on any atom is -0.468 e. The van der Waals surface area contributed by atoms with Crippen molar-refractivity contribution in [2.24, 2.45) is 10.8 Å². The van der Waals surface area contributed by atoms with Crippen molar-refractivity contribution in [2.75, 3.05) is 28.4 Å². The number of hydrogen-bond donors (Lipinski definition) is 0. The summed E-state index contributed by atoms with van der Waals surface area (Å²) in [5.74, 6) is -2.70. The molecule has 1 aromatic carbocycles. The Hall–Kier alpha value is -6.30. The second-order valence-electron chi connectivity index (χ2n) is 13.6. The molecule has 0 bridgehead atoms. The molecule has 0 saturated heterocycles. The molecule has 0 N–H and O–H groups in total. The minimum atomic E-state index is -1.57. The fourth-order valence-electron chi connectivity index (χ4n) is 8.07. The molecule has 7 rings (SSSR count). The number of fused-ring (bicyclic) bond motifs is 2. The zero-order chi connectivity index (χ0) is 38.4. The first-order chi connectivity index (χ1) is 26.0. The van der Waals surface area contributed by atoms with Gasteiger partial charge in [-0.25, -0.2) is 9.97 Å². The van der Waals surface area contributed by atoms with Crippen molar-refractivity contribution in [3.8, 4) is 45.3 Å². The standard InChI is InChI=1S/C42H38N4O8/c1-23-27-19-41(37(47)51-3,38(48)52-4)21-29(27)35(31-14-7-9-16-43-31)45-33(23)25-12-11-13-26(18-25)34-24(2)28-20-42(39(49)53-5,40(50)54-6)22-30(28)36(46-34)32-15-8-10-17-44-32/h7-18H,19-22H2,1-6H3. The molecule has 0 amide bonds. The number of carbonyl (C=O) groups excluding carboxylic acids is 4. The largest absolute Gasteiger partial charge is 0.468 e. The Morgan fingerprint density at radius 2 is 0.870 bits per heavy atom. The molecule has 4 heterocycles. The van der Waals surface area contributed by atoms with E-state index in [-0.39, 0.29) is 25.7 Å². The third kappa shape index (κ3) is 5.60. The second-order valence-corrected chi connectivity index (χ2v) is 13.6. The van der Waals surface area contributed by atoms with Crippen LogP contribution in [0, 0.1) is 24.7 Å². The number of carbonyl (C=O) groups is 4. The van der Waals surface area contributed by atoms with Crippen molar-refractivity contribution < 1.29 is 38.1 Å². The van der Waals surface area contributed by atoms with E-state index in [1.54, 1.807) is 24.5 Å². The van der Waals surface area contributed by atoms with Gasteiger partial charge in [-0.2, -0.15) is 0 Å². The van der Waals surface area contributed by atoms with Gasteiger partial charge in [0.2, 0.25) is 0 Å². The lowest BCUT2D eigenvalue weighted by molar-refractivity contribution is -0.170. The maximum Gasteiger partial charge on any atom is 0.323 e. The van der Waals surface area contributed by atoms with Gasteiger partial charge < -0.3 is 18.9 Å². The zero-order valence-electron chi connectivity index (χ0n) is 30.8. The van der Waals surface area contributed by atoms with Crippen molar-refractivity contribution in [1.82, 2.24) is 19.9 Å². The van der Waals surface area contributed by atoms with Gasteiger partial charge >= 0.3 is 23.9 Å². The number of benzene rings is 1. The average Bonchev–Trinajstić information content (AvgIpc) is 3.84. The first-order valence-electron chi connectivity index (χ1n) is 17.4. The van der Waals surface area contributed by atoms with Crippen LogP contribution >= 0.6 is 0 Å². The fraction of sp³-hybridized carbons (Fsp3) is 0.286. The van der Waals surface area contributed by atoms with Crippen LogP contribution in [0.5, 0.6) is 0 Å². The smallest absolute Gasteiger partial charge is 0.323 e. The molecule has 0 radical (unpaired) electrons. The summed E-state index contributed by atoms with van der Waals surface area (Å²) in [6.45, 7) is 3.86. The van der Waals surface area contributed by atoms with E-state index in [0.29, 0.717) is 34.2 Å². The van der Waals surface area contributed by atoms with E-state index in [2.05, 4.69) is 9.97 Å². The first-order valence-corrected chi connectivity index (χ1v) is 17.4. The summed E-state index contributed by atoms with van der Waals surface area (Å²) >= 11 is 0. The number of rotatable bonds is 8. The van der Waals surface area contributed by atoms with E-state index in [9.17, 15) is 19.2 Å². The Bertz CT molecular complexity index is 2150. The average molecular weight is 727 g/mol. The quantitative estimate of drug-likeness (QED) is 0.114. The van der Waals surface area contributed by atoms with Crippen LogP contribution in [-0.2, 0) is 63.8 Å². The van der Waals surface area contributed by atoms with Crippen LogP contribution < -0.4 is 0 Å². The Balaban J connectivity index is 1.42. The molecular weight excluding hydrogens is 688 g/mol. The monoisotopic (exact) mass is 726 g/mol. The van der Waals surface area contributed by atoms with Gasteiger partial charge in [0.05, 0.1) is 62.6 Å². The lowest BCUT2D eigenvalue weighted by Gasteiger charge is -2.22. The summed E-state index contributed by atoms with van der Waals surface area (Å²) in [6.07, 6.45) is 3.59. The number of esters is 4. The minimum absolute atomic E-state index is 0.0505. The summed E-state index contributed by atoms with van der Waals surface area (Å²) < 4.78 is 20.6. The molecule has 12 heteroatoms. The highest BCUT2D eigenvalue weighted by molar-refractivity contribution is 6.03. The summed E-state index contributed by atoms with van der Waals surface area (Å²) in [6, 6.07) is 18.8. The number of pyridine rings is 4. The maximum atomic E-state index is 13.3. The summed E-state index contributed by atoms with van der Waals surface area (Å²) in [5, 5.41) is 0. The summed E-state index contributed by atoms with van der Waals surface area (Å²) in [4.78, 5) is 72.7. The highest BCUT2D eigenvalue weighted by Crippen LogP contribution is 2.48. The molecule has 0 saturated carbocycles. The highest BCUT2D eigenvalue weighted by atomic mass is 16.6. The molecule has 4 aromatic heterocycles. The van der Waals surface area contributed by atoms with Crippen LogP contribution in [0.2, 0.25) is 0 Å². The molecule has 0 spiro atoms. The summed E-state index contributed by atoms with van der Waals surface area (Å²) in [7, 11) is 5.04. The first kappa shape index (κ1) is 36.1. The topological polar surface area (TPSA) is 157 Å². The van der Waals surface area contributed by atoms with Gasteiger partial charge in [0.15, 0.2) is 10.8 Å². The van der Waals surface area contributed by atoms with Gasteiger partial charge in [-0.3, -0.25) is 29.1 Å². The van der Waals surface area contributed by atoms with E-state index in [1.165, 1.54) is 28.4 Å². The lowest BCUT2D eigenvalue weighted by atomic mass is 9.84. The predicted octanol–water partition coefficient (Wildman–Crippen LogP) is 5.41. The van der Waals surface area contributed by atoms with E-state index in [0.717, 1.165) is 44.5 Å². The molecule has 0 unspecified atom stereocenters. The third-order valence-electron chi connectivity index (χ3n) is 10.8. The normalized spacial score (nSPS) is 14.8. The Morgan fingerprint density at radius 3 is 1.20 bits per heavy atom. The number of nitrogens with zero attached hydrogens (tertiary/aromatic N) is 4. The molecule has 54 heavy (non-hydrogen) atoms. The van der Waals surface area contributed by atoms with E-state index < -0.39 is 34.7 Å². The van der Waals surface area contributed by atoms with Crippen LogP contribution in [0.1, 0.15) is 33.4 Å². The van der Waals surface area contributed by atoms with Crippen molar-refractivity contribution in [3.05, 3.63) is 106 Å². The zero-order valence-corrected chi connectivity index (χ0v) is 30.8. The number of aromatic nitrogens is 4. The SMILES string of the molecule is COC(=O)C1(C(=O)OC)Cc2c(-c3ccccn3)nc(-c3cccc(-c4nc(-c5ccccn5)c5c(c4C)CC(C(=O)OC)(C(=O)OC)C5)c3)c(C)c2C1. The van der Waals surface area contributed by atoms with E-state index in [1.807, 2.05) is 62.4 Å². The van der Waals surface area contributed by atoms with Crippen molar-refractivity contribution in [1.29, 1.82) is 0 Å². The predicted molar refractivity (Wildman–Crippen MR) is 197 cm³/mol. The van der Waals surface area contributed by atoms with Crippen molar-refractivity contribution >= 4 is 23.9 Å². The number of hydrogen-bond acceptors (Lipinski definition) is 12. The molecule has 0 fully saturated rings. The fourth-order valence-corrected chi connectivity index (χ4v) is 8.07. The number of methoxy groups -OCH3 is 4. The van der Waals surface area contributed by atoms with Crippen LogP contribution in [0.25, 0.3) is 45.3 Å². The van der Waals surface area contributed by atoms with Gasteiger partial charge in [0, 0.05) is 49.2 Å². The van der Waals surface area contributed by atoms with Crippen LogP contribution in [0.3, 0.4) is 0 Å². The molecule has 0 atom stereocenters. The van der Waals surface area contributed by atoms with Crippen molar-refractivity contribution in [3.63, 3.8) is 0 Å². The molecule has 12 nitrogen and oxygen atoms in total. The van der Waals surface area contributed by atoms with Crippen LogP contribution in [-0.4, -0.2) is 72.3 Å². The van der Waals surface area contributed by atoms with E-state index >= 15 is 0 Å². The van der Waals surface area contributed by atoms with Crippen LogP contribution in [0.15, 0.2) is 73.1 Å². The van der Waals surface area contributed by atoms with Crippen LogP contribution in [0.4, 0.5) is 0 Å². The summed E-state index contributed by atoms with van der Waals surface area (Å²) in [5.41, 5.74) is 6.61. The van der Waals surface area contributed by atoms with Gasteiger partial charge in [-0.05, 0) is 77.6 Å². The molecule has 2 aliphatic rings. The molecular formula is C42H38N4O8. The maximum absolute atomic E-state index is 13.3. The van der Waals surface area contributed by atoms with Gasteiger partial charge in [0.25, 0.3) is 0 Å². The van der Waals surface area contributed by atoms with Crippen molar-refractivity contribution in [2.45, 2.75) is 39.5 Å². The number of ether oxygens (including phenoxy) is 4. The highest BCUT2D eigenvalue weighted by Gasteiger charge is 2.55. The third-order valence-corrected chi connectivity index (χ3v) is 10.8. The Kier molecular flexibility index (Phi) is 9.30. The van der Waals surface area contributed by atoms with Gasteiger partial charge in [-0.1, -0.05) is 30.3 Å².